The number of carboxylic acids is 4. The monoisotopic (exact) mass is 800 g/mol. The van der Waals surface area contributed by atoms with Gasteiger partial charge in [-0.15, -0.1) is 0 Å². The number of carboxylic acid groups (broad SMARTS) is 4. The van der Waals surface area contributed by atoms with Gasteiger partial charge in [0.25, 0.3) is 0 Å². The summed E-state index contributed by atoms with van der Waals surface area (Å²) in [4.78, 5) is 40.4. The van der Waals surface area contributed by atoms with Crippen molar-refractivity contribution in [3.8, 4) is 0 Å². The number of carbonyl (C=O) groups excluding carboxylic acids is 4. The van der Waals surface area contributed by atoms with Crippen LogP contribution in [0.1, 0.15) is 41.4 Å². The molecule has 38 heavy (non-hydrogen) atoms. The molecule has 4 aromatic rings. The minimum absolute atomic E-state index is 0. The van der Waals surface area contributed by atoms with E-state index in [9.17, 15) is 39.6 Å². The smallest absolute Gasteiger partial charge is 0.545 e. The van der Waals surface area contributed by atoms with Crippen molar-refractivity contribution in [2.75, 3.05) is 0 Å². The number of carbonyl (C=O) groups is 4. The molecule has 4 aromatic carbocycles. The van der Waals surface area contributed by atoms with Crippen molar-refractivity contribution < 1.29 is 62.0 Å². The van der Waals surface area contributed by atoms with Crippen LogP contribution in [0.2, 0.25) is 0 Å². The molecule has 10 heteroatoms. The Balaban J connectivity index is 0. The van der Waals surface area contributed by atoms with Crippen LogP contribution in [0, 0.1) is 0 Å². The SMILES string of the molecule is O=C([O-])c1ccccc1.O=C([O-])c1ccccc1.O=C([O-])c1ccccc1.O=C([O-])c1ccccc1.[Ag+].[Bi+3]. The zero-order valence-corrected chi connectivity index (χ0v) is 24.5. The molecule has 0 fully saturated rings. The van der Waals surface area contributed by atoms with E-state index in [1.54, 1.807) is 72.8 Å². The molecular weight excluding hydrogens is 781 g/mol. The molecule has 0 saturated carbocycles. The van der Waals surface area contributed by atoms with Crippen molar-refractivity contribution >= 4 is 50.1 Å². The van der Waals surface area contributed by atoms with E-state index in [-0.39, 0.29) is 70.8 Å². The van der Waals surface area contributed by atoms with Gasteiger partial charge in [0.2, 0.25) is 0 Å². The van der Waals surface area contributed by atoms with Crippen molar-refractivity contribution in [2.24, 2.45) is 0 Å². The summed E-state index contributed by atoms with van der Waals surface area (Å²) in [6.07, 6.45) is 0. The molecule has 196 valence electrons. The molecule has 0 aliphatic carbocycles. The van der Waals surface area contributed by atoms with Gasteiger partial charge in [-0.2, -0.15) is 0 Å². The quantitative estimate of drug-likeness (QED) is 0.257. The second kappa shape index (κ2) is 21.5. The van der Waals surface area contributed by atoms with Gasteiger partial charge in [0, 0.05) is 0 Å². The first kappa shape index (κ1) is 36.5. The Hall–Kier alpha value is -3.62. The van der Waals surface area contributed by atoms with Crippen molar-refractivity contribution in [3.63, 3.8) is 0 Å². The van der Waals surface area contributed by atoms with Crippen LogP contribution in [0.4, 0.5) is 0 Å². The van der Waals surface area contributed by atoms with Crippen molar-refractivity contribution in [2.45, 2.75) is 0 Å². The van der Waals surface area contributed by atoms with Gasteiger partial charge in [-0.05, 0) is 22.3 Å². The van der Waals surface area contributed by atoms with E-state index in [1.807, 2.05) is 0 Å². The van der Waals surface area contributed by atoms with E-state index < -0.39 is 23.9 Å². The average molecular weight is 801 g/mol. The molecule has 2 radical (unpaired) electrons. The van der Waals surface area contributed by atoms with Crippen LogP contribution in [0.15, 0.2) is 121 Å². The van der Waals surface area contributed by atoms with Crippen molar-refractivity contribution in [1.82, 2.24) is 0 Å². The fourth-order valence-corrected chi connectivity index (χ4v) is 2.30. The maximum Gasteiger partial charge on any atom is 3.00 e. The molecule has 0 amide bonds. The first-order chi connectivity index (χ1) is 17.2. The summed E-state index contributed by atoms with van der Waals surface area (Å²) in [6, 6.07) is 32.3. The van der Waals surface area contributed by atoms with Gasteiger partial charge in [0.15, 0.2) is 0 Å². The van der Waals surface area contributed by atoms with Gasteiger partial charge >= 0.3 is 48.6 Å². The molecule has 0 aromatic heterocycles. The zero-order valence-electron chi connectivity index (χ0n) is 19.6. The second-order valence-electron chi connectivity index (χ2n) is 6.61. The molecule has 8 nitrogen and oxygen atoms in total. The van der Waals surface area contributed by atoms with Crippen LogP contribution in [-0.2, 0) is 22.4 Å². The molecule has 0 spiro atoms. The van der Waals surface area contributed by atoms with E-state index >= 15 is 0 Å². The minimum atomic E-state index is -1.13. The molecule has 0 aliphatic heterocycles. The van der Waals surface area contributed by atoms with Crippen LogP contribution in [-0.4, -0.2) is 50.1 Å². The van der Waals surface area contributed by atoms with E-state index in [0.717, 1.165) is 0 Å². The topological polar surface area (TPSA) is 161 Å². The number of benzene rings is 4. The molecule has 0 aliphatic rings. The third kappa shape index (κ3) is 16.2. The summed E-state index contributed by atoms with van der Waals surface area (Å²) < 4.78 is 0. The Morgan fingerprint density at radius 1 is 0.342 bits per heavy atom. The zero-order chi connectivity index (χ0) is 26.8. The first-order valence-electron chi connectivity index (χ1n) is 10.3. The summed E-state index contributed by atoms with van der Waals surface area (Å²) in [6.45, 7) is 0. The van der Waals surface area contributed by atoms with Gasteiger partial charge in [0.1, 0.15) is 0 Å². The summed E-state index contributed by atoms with van der Waals surface area (Å²) in [5.74, 6) is -4.52. The predicted octanol–water partition coefficient (Wildman–Crippen LogP) is -0.183. The normalized spacial score (nSPS) is 8.42. The Labute approximate surface area is 254 Å². The standard InChI is InChI=1S/4C7H6O2.Ag.Bi/c4*8-7(9)6-4-2-1-3-5-6;;/h4*1-5H,(H,8,9);;/q;;;;+1;+3/p-4. The fourth-order valence-electron chi connectivity index (χ4n) is 2.30. The molecule has 0 heterocycles. The van der Waals surface area contributed by atoms with Crippen LogP contribution < -0.4 is 20.4 Å². The maximum absolute atomic E-state index is 10.1. The molecule has 0 N–H and O–H groups in total. The third-order valence-corrected chi connectivity index (χ3v) is 4.04. The van der Waals surface area contributed by atoms with E-state index in [4.69, 9.17) is 0 Å². The van der Waals surface area contributed by atoms with Crippen LogP contribution in [0.5, 0.6) is 0 Å². The van der Waals surface area contributed by atoms with Gasteiger partial charge in [-0.1, -0.05) is 121 Å². The summed E-state index contributed by atoms with van der Waals surface area (Å²) in [7, 11) is 0. The molecular formula is C28H20AgBiO8. The summed E-state index contributed by atoms with van der Waals surface area (Å²) >= 11 is 0. The van der Waals surface area contributed by atoms with E-state index in [0.29, 0.717) is 0 Å². The largest absolute Gasteiger partial charge is 3.00 e. The van der Waals surface area contributed by atoms with E-state index in [2.05, 4.69) is 0 Å². The fraction of sp³-hybridized carbons (Fsp3) is 0. The van der Waals surface area contributed by atoms with Crippen LogP contribution >= 0.6 is 0 Å². The third-order valence-electron chi connectivity index (χ3n) is 4.04. The molecule has 4 rings (SSSR count). The summed E-state index contributed by atoms with van der Waals surface area (Å²) in [5, 5.41) is 40.4. The van der Waals surface area contributed by atoms with Crippen molar-refractivity contribution in [1.29, 1.82) is 0 Å². The molecule has 0 saturated heterocycles. The molecule has 0 atom stereocenters. The number of aromatic carboxylic acids is 4. The number of rotatable bonds is 4. The Kier molecular flexibility index (Phi) is 20.6. The van der Waals surface area contributed by atoms with Gasteiger partial charge in [-0.3, -0.25) is 0 Å². The van der Waals surface area contributed by atoms with Gasteiger partial charge in [-0.25, -0.2) is 0 Å². The van der Waals surface area contributed by atoms with Gasteiger partial charge < -0.3 is 39.6 Å². The summed E-state index contributed by atoms with van der Waals surface area (Å²) in [5.41, 5.74) is 0.880. The second-order valence-corrected chi connectivity index (χ2v) is 6.61. The molecule has 0 unspecified atom stereocenters. The van der Waals surface area contributed by atoms with E-state index in [1.165, 1.54) is 48.5 Å². The Bertz CT molecular complexity index is 1020. The Morgan fingerprint density at radius 2 is 0.474 bits per heavy atom. The number of hydrogen-bond donors (Lipinski definition) is 0. The maximum atomic E-state index is 10.1. The first-order valence-corrected chi connectivity index (χ1v) is 10.3. The van der Waals surface area contributed by atoms with Crippen LogP contribution in [0.3, 0.4) is 0 Å². The van der Waals surface area contributed by atoms with Crippen LogP contribution in [0.25, 0.3) is 0 Å². The van der Waals surface area contributed by atoms with Crippen molar-refractivity contribution in [3.05, 3.63) is 144 Å². The molecule has 0 bridgehead atoms. The number of hydrogen-bond acceptors (Lipinski definition) is 8. The minimum Gasteiger partial charge on any atom is -0.545 e. The Morgan fingerprint density at radius 3 is 0.553 bits per heavy atom. The average Bonchev–Trinajstić information content (AvgIpc) is 2.92. The van der Waals surface area contributed by atoms with Gasteiger partial charge in [0.05, 0.1) is 23.9 Å². The predicted molar refractivity (Wildman–Crippen MR) is 129 cm³/mol.